The van der Waals surface area contributed by atoms with Crippen LogP contribution in [-0.4, -0.2) is 5.78 Å². The molecule has 0 radical (unpaired) electrons. The Labute approximate surface area is 92.5 Å². The van der Waals surface area contributed by atoms with E-state index in [0.29, 0.717) is 12.3 Å². The largest absolute Gasteiger partial charge is 0.294 e. The summed E-state index contributed by atoms with van der Waals surface area (Å²) in [7, 11) is 0. The minimum Gasteiger partial charge on any atom is -0.294 e. The zero-order valence-corrected chi connectivity index (χ0v) is 9.92. The van der Waals surface area contributed by atoms with Gasteiger partial charge in [0.15, 0.2) is 5.78 Å². The van der Waals surface area contributed by atoms with E-state index in [1.165, 1.54) is 5.56 Å². The maximum absolute atomic E-state index is 11.9. The summed E-state index contributed by atoms with van der Waals surface area (Å²) in [5, 5.41) is 0. The van der Waals surface area contributed by atoms with Crippen LogP contribution < -0.4 is 0 Å². The molecule has 1 nitrogen and oxygen atoms in total. The number of carbonyl (C=O) groups excluding carboxylic acids is 1. The molecule has 0 bridgehead atoms. The highest BCUT2D eigenvalue weighted by molar-refractivity contribution is 5.96. The van der Waals surface area contributed by atoms with Gasteiger partial charge >= 0.3 is 0 Å². The highest BCUT2D eigenvalue weighted by Gasteiger charge is 2.09. The number of Topliss-reactive ketones (excluding diaryl/α,β-unsaturated/α-hetero) is 1. The second-order valence-corrected chi connectivity index (χ2v) is 4.19. The summed E-state index contributed by atoms with van der Waals surface area (Å²) in [6.07, 6.45) is 2.73. The van der Waals surface area contributed by atoms with Crippen LogP contribution in [0.15, 0.2) is 24.3 Å². The Hall–Kier alpha value is -1.11. The highest BCUT2D eigenvalue weighted by atomic mass is 16.1. The number of rotatable bonds is 5. The summed E-state index contributed by atoms with van der Waals surface area (Å²) in [6.45, 7) is 6.36. The summed E-state index contributed by atoms with van der Waals surface area (Å²) in [5.41, 5.74) is 2.11. The van der Waals surface area contributed by atoms with E-state index < -0.39 is 0 Å². The SMILES string of the molecule is CCc1cccc(C(=O)CC(C)CC)c1. The van der Waals surface area contributed by atoms with Crippen molar-refractivity contribution in [3.63, 3.8) is 0 Å². The van der Waals surface area contributed by atoms with E-state index in [9.17, 15) is 4.79 Å². The van der Waals surface area contributed by atoms with Crippen molar-refractivity contribution in [1.29, 1.82) is 0 Å². The molecule has 15 heavy (non-hydrogen) atoms. The lowest BCUT2D eigenvalue weighted by Gasteiger charge is -2.07. The summed E-state index contributed by atoms with van der Waals surface area (Å²) in [5.74, 6) is 0.766. The maximum atomic E-state index is 11.9. The molecule has 0 spiro atoms. The summed E-state index contributed by atoms with van der Waals surface area (Å²) >= 11 is 0. The van der Waals surface area contributed by atoms with Gasteiger partial charge in [-0.2, -0.15) is 0 Å². The average Bonchev–Trinajstić information content (AvgIpc) is 2.28. The van der Waals surface area contributed by atoms with Crippen molar-refractivity contribution in [2.75, 3.05) is 0 Å². The lowest BCUT2D eigenvalue weighted by Crippen LogP contribution is -2.05. The Morgan fingerprint density at radius 2 is 2.07 bits per heavy atom. The fourth-order valence-corrected chi connectivity index (χ4v) is 1.54. The molecule has 0 saturated carbocycles. The Kier molecular flexibility index (Phi) is 4.54. The van der Waals surface area contributed by atoms with Crippen molar-refractivity contribution >= 4 is 5.78 Å². The van der Waals surface area contributed by atoms with Crippen molar-refractivity contribution in [3.8, 4) is 0 Å². The van der Waals surface area contributed by atoms with Gasteiger partial charge in [0.1, 0.15) is 0 Å². The third-order valence-electron chi connectivity index (χ3n) is 2.89. The monoisotopic (exact) mass is 204 g/mol. The second-order valence-electron chi connectivity index (χ2n) is 4.19. The molecular formula is C14H20O. The normalized spacial score (nSPS) is 12.5. The molecule has 1 aromatic carbocycles. The van der Waals surface area contributed by atoms with Gasteiger partial charge in [-0.1, -0.05) is 45.4 Å². The van der Waals surface area contributed by atoms with E-state index in [1.54, 1.807) is 0 Å². The third-order valence-corrected chi connectivity index (χ3v) is 2.89. The van der Waals surface area contributed by atoms with Gasteiger partial charge in [-0.05, 0) is 24.0 Å². The first kappa shape index (κ1) is 12.0. The number of carbonyl (C=O) groups is 1. The van der Waals surface area contributed by atoms with E-state index in [4.69, 9.17) is 0 Å². The number of hydrogen-bond donors (Lipinski definition) is 0. The standard InChI is InChI=1S/C14H20O/c1-4-11(3)9-14(15)13-8-6-7-12(5-2)10-13/h6-8,10-11H,4-5,9H2,1-3H3. The van der Waals surface area contributed by atoms with E-state index in [2.05, 4.69) is 26.8 Å². The van der Waals surface area contributed by atoms with Gasteiger partial charge in [-0.3, -0.25) is 4.79 Å². The van der Waals surface area contributed by atoms with Crippen LogP contribution in [0.25, 0.3) is 0 Å². The van der Waals surface area contributed by atoms with Crippen molar-refractivity contribution in [1.82, 2.24) is 0 Å². The van der Waals surface area contributed by atoms with Crippen molar-refractivity contribution in [2.24, 2.45) is 5.92 Å². The summed E-state index contributed by atoms with van der Waals surface area (Å²) in [4.78, 5) is 11.9. The predicted molar refractivity (Wildman–Crippen MR) is 64.2 cm³/mol. The molecule has 0 aromatic heterocycles. The second kappa shape index (κ2) is 5.69. The first-order valence-corrected chi connectivity index (χ1v) is 5.79. The zero-order valence-electron chi connectivity index (χ0n) is 9.92. The maximum Gasteiger partial charge on any atom is 0.163 e. The Morgan fingerprint density at radius 3 is 2.67 bits per heavy atom. The lowest BCUT2D eigenvalue weighted by molar-refractivity contribution is 0.0963. The van der Waals surface area contributed by atoms with E-state index >= 15 is 0 Å². The van der Waals surface area contributed by atoms with Crippen LogP contribution in [0.4, 0.5) is 0 Å². The van der Waals surface area contributed by atoms with Gasteiger partial charge in [-0.15, -0.1) is 0 Å². The van der Waals surface area contributed by atoms with E-state index in [1.807, 2.05) is 18.2 Å². The Morgan fingerprint density at radius 1 is 1.33 bits per heavy atom. The van der Waals surface area contributed by atoms with Crippen LogP contribution in [0, 0.1) is 5.92 Å². The zero-order chi connectivity index (χ0) is 11.3. The first-order valence-electron chi connectivity index (χ1n) is 5.79. The van der Waals surface area contributed by atoms with E-state index in [-0.39, 0.29) is 5.78 Å². The molecule has 1 heteroatoms. The molecule has 0 aliphatic rings. The summed E-state index contributed by atoms with van der Waals surface area (Å²) < 4.78 is 0. The molecule has 82 valence electrons. The Bertz CT molecular complexity index is 328. The van der Waals surface area contributed by atoms with Gasteiger partial charge in [0, 0.05) is 12.0 Å². The van der Waals surface area contributed by atoms with Crippen molar-refractivity contribution in [3.05, 3.63) is 35.4 Å². The lowest BCUT2D eigenvalue weighted by atomic mass is 9.96. The summed E-state index contributed by atoms with van der Waals surface area (Å²) in [6, 6.07) is 7.98. The molecule has 1 atom stereocenters. The van der Waals surface area contributed by atoms with Crippen LogP contribution in [0.3, 0.4) is 0 Å². The fraction of sp³-hybridized carbons (Fsp3) is 0.500. The molecule has 0 aliphatic carbocycles. The number of ketones is 1. The van der Waals surface area contributed by atoms with Crippen LogP contribution in [0.5, 0.6) is 0 Å². The molecule has 0 amide bonds. The topological polar surface area (TPSA) is 17.1 Å². The Balaban J connectivity index is 2.73. The predicted octanol–water partition coefficient (Wildman–Crippen LogP) is 3.87. The van der Waals surface area contributed by atoms with Crippen LogP contribution in [-0.2, 0) is 6.42 Å². The molecule has 0 saturated heterocycles. The van der Waals surface area contributed by atoms with Gasteiger partial charge in [-0.25, -0.2) is 0 Å². The highest BCUT2D eigenvalue weighted by Crippen LogP contribution is 2.14. The van der Waals surface area contributed by atoms with E-state index in [0.717, 1.165) is 18.4 Å². The molecule has 0 heterocycles. The molecule has 0 aliphatic heterocycles. The van der Waals surface area contributed by atoms with Crippen LogP contribution >= 0.6 is 0 Å². The van der Waals surface area contributed by atoms with Gasteiger partial charge in [0.2, 0.25) is 0 Å². The first-order chi connectivity index (χ1) is 7.17. The molecular weight excluding hydrogens is 184 g/mol. The van der Waals surface area contributed by atoms with Crippen LogP contribution in [0.1, 0.15) is 49.5 Å². The van der Waals surface area contributed by atoms with Gasteiger partial charge in [0.25, 0.3) is 0 Å². The molecule has 1 unspecified atom stereocenters. The molecule has 1 rings (SSSR count). The average molecular weight is 204 g/mol. The van der Waals surface area contributed by atoms with Gasteiger partial charge in [0.05, 0.1) is 0 Å². The number of benzene rings is 1. The smallest absolute Gasteiger partial charge is 0.163 e. The number of aryl methyl sites for hydroxylation is 1. The van der Waals surface area contributed by atoms with Crippen molar-refractivity contribution < 1.29 is 4.79 Å². The minimum absolute atomic E-state index is 0.277. The van der Waals surface area contributed by atoms with Crippen LogP contribution in [0.2, 0.25) is 0 Å². The van der Waals surface area contributed by atoms with Gasteiger partial charge < -0.3 is 0 Å². The van der Waals surface area contributed by atoms with Crippen molar-refractivity contribution in [2.45, 2.75) is 40.0 Å². The fourth-order valence-electron chi connectivity index (χ4n) is 1.54. The minimum atomic E-state index is 0.277. The molecule has 0 fully saturated rings. The number of hydrogen-bond acceptors (Lipinski definition) is 1. The molecule has 0 N–H and O–H groups in total. The quantitative estimate of drug-likeness (QED) is 0.665. The third kappa shape index (κ3) is 3.50. The molecule has 1 aromatic rings.